The van der Waals surface area contributed by atoms with Gasteiger partial charge in [-0.3, -0.25) is 37.3 Å². The topological polar surface area (TPSA) is 237 Å². The highest BCUT2D eigenvalue weighted by molar-refractivity contribution is 7.47. The minimum Gasteiger partial charge on any atom is -0.462 e. The molecular weight excluding hydrogens is 1260 g/mol. The van der Waals surface area contributed by atoms with Gasteiger partial charge in [-0.1, -0.05) is 238 Å². The summed E-state index contributed by atoms with van der Waals surface area (Å²) in [5.41, 5.74) is 0. The van der Waals surface area contributed by atoms with Crippen molar-refractivity contribution in [2.75, 3.05) is 39.6 Å². The number of unbranched alkanes of at least 4 members (excludes halogenated alkanes) is 20. The van der Waals surface area contributed by atoms with E-state index in [0.717, 1.165) is 141 Å². The van der Waals surface area contributed by atoms with Crippen molar-refractivity contribution in [1.29, 1.82) is 0 Å². The standard InChI is InChI=1S/C77H128O17P2/c1-5-9-13-17-21-25-29-33-35-39-41-45-49-53-57-61-74(79)87-67-72(93-76(81)63-59-55-51-47-43-37-31-27-23-19-15-11-7-3)69-91-95(83,84)89-65-71(78)66-90-96(85,86)92-70-73(94-77(82)64-60-56-52-48-44-38-32-28-24-20-16-12-8-4)68-88-75(80)62-58-54-50-46-42-40-36-34-30-26-22-18-14-10-6-2/h9-10,13-14,21-22,25-28,31-36,41-42,45-46,53,57,71-73,78H,5-8,11-12,15-20,23-24,29-30,37-40,43-44,47-52,54-56,58-70H2,1-4H3,(H,83,84)(H,85,86)/b13-9-,14-10-,25-21-,26-22-,31-27-,32-28-,35-33-,36-34-,45-41-,46-42-,57-53-. The summed E-state index contributed by atoms with van der Waals surface area (Å²) in [4.78, 5) is 72.6. The second-order valence-electron chi connectivity index (χ2n) is 23.8. The minimum atomic E-state index is -5.00. The van der Waals surface area contributed by atoms with Crippen molar-refractivity contribution in [2.24, 2.45) is 0 Å². The number of rotatable bonds is 67. The molecule has 0 aliphatic carbocycles. The van der Waals surface area contributed by atoms with Crippen LogP contribution in [0.1, 0.15) is 272 Å². The lowest BCUT2D eigenvalue weighted by atomic mass is 10.1. The zero-order valence-electron chi connectivity index (χ0n) is 59.5. The van der Waals surface area contributed by atoms with E-state index < -0.39 is 97.5 Å². The van der Waals surface area contributed by atoms with E-state index in [1.54, 1.807) is 6.08 Å². The Morgan fingerprint density at radius 1 is 0.312 bits per heavy atom. The van der Waals surface area contributed by atoms with Crippen LogP contribution in [-0.4, -0.2) is 96.7 Å². The fraction of sp³-hybridized carbons (Fsp3) is 0.662. The molecule has 0 rings (SSSR count). The quantitative estimate of drug-likeness (QED) is 0.0169. The molecule has 548 valence electrons. The Labute approximate surface area is 580 Å². The van der Waals surface area contributed by atoms with Crippen LogP contribution in [0, 0.1) is 0 Å². The van der Waals surface area contributed by atoms with Crippen LogP contribution >= 0.6 is 15.6 Å². The van der Waals surface area contributed by atoms with Crippen LogP contribution in [0.2, 0.25) is 0 Å². The number of carbonyl (C=O) groups excluding carboxylic acids is 4. The Morgan fingerprint density at radius 3 is 0.958 bits per heavy atom. The number of hydrogen-bond acceptors (Lipinski definition) is 15. The molecule has 5 unspecified atom stereocenters. The van der Waals surface area contributed by atoms with Gasteiger partial charge in [-0.25, -0.2) is 9.13 Å². The highest BCUT2D eigenvalue weighted by Gasteiger charge is 2.30. The second kappa shape index (κ2) is 68.7. The van der Waals surface area contributed by atoms with Crippen LogP contribution in [0.4, 0.5) is 0 Å². The van der Waals surface area contributed by atoms with Gasteiger partial charge in [0.15, 0.2) is 12.2 Å². The largest absolute Gasteiger partial charge is 0.472 e. The summed E-state index contributed by atoms with van der Waals surface area (Å²) in [6.45, 7) is 4.40. The number of aliphatic hydroxyl groups is 1. The molecule has 0 amide bonds. The molecule has 0 fully saturated rings. The number of carbonyl (C=O) groups is 4. The number of allylic oxidation sites excluding steroid dienone is 21. The first kappa shape index (κ1) is 91.2. The molecule has 0 heterocycles. The van der Waals surface area contributed by atoms with Crippen molar-refractivity contribution in [3.8, 4) is 0 Å². The number of phosphoric ester groups is 2. The van der Waals surface area contributed by atoms with Gasteiger partial charge in [0.05, 0.1) is 32.8 Å². The fourth-order valence-corrected chi connectivity index (χ4v) is 10.7. The molecule has 0 aliphatic heterocycles. The average Bonchev–Trinajstić information content (AvgIpc) is 1.14. The van der Waals surface area contributed by atoms with E-state index in [1.807, 2.05) is 18.2 Å². The van der Waals surface area contributed by atoms with Crippen LogP contribution in [0.25, 0.3) is 0 Å². The van der Waals surface area contributed by atoms with Gasteiger partial charge in [-0.2, -0.15) is 0 Å². The monoisotopic (exact) mass is 1390 g/mol. The van der Waals surface area contributed by atoms with Gasteiger partial charge >= 0.3 is 39.5 Å². The molecule has 0 spiro atoms. The van der Waals surface area contributed by atoms with Crippen LogP contribution < -0.4 is 0 Å². The summed E-state index contributed by atoms with van der Waals surface area (Å²) in [5.74, 6) is -2.40. The summed E-state index contributed by atoms with van der Waals surface area (Å²) in [6.07, 6.45) is 74.9. The zero-order valence-corrected chi connectivity index (χ0v) is 61.3. The maximum Gasteiger partial charge on any atom is 0.472 e. The molecule has 0 saturated carbocycles. The van der Waals surface area contributed by atoms with Gasteiger partial charge in [0.2, 0.25) is 0 Å². The van der Waals surface area contributed by atoms with Crippen molar-refractivity contribution >= 4 is 39.5 Å². The molecule has 5 atom stereocenters. The third-order valence-electron chi connectivity index (χ3n) is 14.6. The van der Waals surface area contributed by atoms with Gasteiger partial charge < -0.3 is 33.8 Å². The SMILES string of the molecule is CC/C=C\C/C=C\C/C=C\C/C=C\C/C=C\CC(=O)OCC(COP(=O)(O)OCC(O)COP(=O)(O)OCC(COC(=O)CCCC/C=C\C/C=C\C/C=C\C/C=C\CC)OC(=O)CCCCCCC/C=C\CCCCCC)OC(=O)CCCCCCC/C=C\CCCCCC. The zero-order chi connectivity index (χ0) is 70.4. The van der Waals surface area contributed by atoms with E-state index in [9.17, 15) is 43.2 Å². The third-order valence-corrected chi connectivity index (χ3v) is 16.5. The Hall–Kier alpha value is -4.80. The van der Waals surface area contributed by atoms with Crippen molar-refractivity contribution < 1.29 is 80.2 Å². The first-order valence-corrected chi connectivity index (χ1v) is 39.4. The molecule has 3 N–H and O–H groups in total. The summed E-state index contributed by atoms with van der Waals surface area (Å²) in [5, 5.41) is 10.6. The predicted octanol–water partition coefficient (Wildman–Crippen LogP) is 20.5. The Balaban J connectivity index is 5.46. The average molecular weight is 1390 g/mol. The van der Waals surface area contributed by atoms with E-state index >= 15 is 0 Å². The third kappa shape index (κ3) is 67.8. The fourth-order valence-electron chi connectivity index (χ4n) is 9.10. The van der Waals surface area contributed by atoms with Gasteiger partial charge in [0, 0.05) is 19.3 Å². The van der Waals surface area contributed by atoms with Crippen LogP contribution in [0.3, 0.4) is 0 Å². The summed E-state index contributed by atoms with van der Waals surface area (Å²) in [7, 11) is -9.99. The Bertz CT molecular complexity index is 2350. The normalized spacial score (nSPS) is 14.8. The molecule has 0 bridgehead atoms. The van der Waals surface area contributed by atoms with Crippen molar-refractivity contribution in [2.45, 2.75) is 290 Å². The summed E-state index contributed by atoms with van der Waals surface area (Å²) in [6, 6.07) is 0. The molecule has 0 saturated heterocycles. The number of ether oxygens (including phenoxy) is 4. The molecule has 0 aromatic carbocycles. The molecule has 96 heavy (non-hydrogen) atoms. The lowest BCUT2D eigenvalue weighted by molar-refractivity contribution is -0.161. The molecule has 0 radical (unpaired) electrons. The van der Waals surface area contributed by atoms with E-state index in [2.05, 4.69) is 137 Å². The second-order valence-corrected chi connectivity index (χ2v) is 26.7. The molecular formula is C77H128O17P2. The predicted molar refractivity (Wildman–Crippen MR) is 390 cm³/mol. The number of aliphatic hydroxyl groups excluding tert-OH is 1. The van der Waals surface area contributed by atoms with Crippen molar-refractivity contribution in [3.63, 3.8) is 0 Å². The Kier molecular flexibility index (Phi) is 65.3. The Morgan fingerprint density at radius 2 is 0.583 bits per heavy atom. The van der Waals surface area contributed by atoms with Gasteiger partial charge in [-0.05, 0) is 141 Å². The lowest BCUT2D eigenvalue weighted by Crippen LogP contribution is -2.30. The van der Waals surface area contributed by atoms with Gasteiger partial charge in [0.1, 0.15) is 19.3 Å². The maximum absolute atomic E-state index is 13.0. The number of hydrogen-bond donors (Lipinski definition) is 3. The molecule has 0 aromatic heterocycles. The van der Waals surface area contributed by atoms with E-state index in [0.29, 0.717) is 25.7 Å². The van der Waals surface area contributed by atoms with Crippen molar-refractivity contribution in [1.82, 2.24) is 0 Å². The highest BCUT2D eigenvalue weighted by atomic mass is 31.2. The summed E-state index contributed by atoms with van der Waals surface area (Å²) < 4.78 is 68.1. The molecule has 19 heteroatoms. The van der Waals surface area contributed by atoms with E-state index in [-0.39, 0.29) is 25.7 Å². The lowest BCUT2D eigenvalue weighted by Gasteiger charge is -2.21. The van der Waals surface area contributed by atoms with Crippen LogP contribution in [-0.2, 0) is 65.4 Å². The number of esters is 4. The van der Waals surface area contributed by atoms with Crippen molar-refractivity contribution in [3.05, 3.63) is 134 Å². The smallest absolute Gasteiger partial charge is 0.462 e. The van der Waals surface area contributed by atoms with Crippen LogP contribution in [0.5, 0.6) is 0 Å². The van der Waals surface area contributed by atoms with Crippen LogP contribution in [0.15, 0.2) is 134 Å². The first-order valence-electron chi connectivity index (χ1n) is 36.4. The molecule has 0 aliphatic rings. The molecule has 17 nitrogen and oxygen atoms in total. The van der Waals surface area contributed by atoms with E-state index in [1.165, 1.54) is 51.4 Å². The summed E-state index contributed by atoms with van der Waals surface area (Å²) >= 11 is 0. The maximum atomic E-state index is 13.0. The number of phosphoric acid groups is 2. The first-order chi connectivity index (χ1) is 46.7. The van der Waals surface area contributed by atoms with Gasteiger partial charge in [0.25, 0.3) is 0 Å². The highest BCUT2D eigenvalue weighted by Crippen LogP contribution is 2.45. The molecule has 0 aromatic rings. The van der Waals surface area contributed by atoms with Gasteiger partial charge in [-0.15, -0.1) is 0 Å². The van der Waals surface area contributed by atoms with E-state index in [4.69, 9.17) is 37.0 Å². The minimum absolute atomic E-state index is 0.0615.